The summed E-state index contributed by atoms with van der Waals surface area (Å²) in [5.74, 6) is 0.372. The van der Waals surface area contributed by atoms with Crippen LogP contribution in [0.4, 0.5) is 5.95 Å². The number of hydrogen-bond donors (Lipinski definition) is 1. The Hall–Kier alpha value is -1.22. The van der Waals surface area contributed by atoms with Gasteiger partial charge in [0.05, 0.1) is 16.7 Å². The normalized spacial score (nSPS) is 11.8. The minimum Gasteiger partial charge on any atom is -0.357 e. The van der Waals surface area contributed by atoms with Crippen molar-refractivity contribution in [3.05, 3.63) is 33.7 Å². The molecule has 0 aromatic carbocycles. The highest BCUT2D eigenvalue weighted by Gasteiger charge is 2.22. The fourth-order valence-corrected chi connectivity index (χ4v) is 3.76. The molecule has 0 aliphatic carbocycles. The Bertz CT molecular complexity index is 685. The van der Waals surface area contributed by atoms with Gasteiger partial charge in [-0.25, -0.2) is 18.4 Å². The van der Waals surface area contributed by atoms with Crippen LogP contribution in [0.25, 0.3) is 0 Å². The van der Waals surface area contributed by atoms with Gasteiger partial charge in [0.1, 0.15) is 4.90 Å². The molecule has 2 rings (SSSR count). The molecule has 2 heterocycles. The minimum absolute atomic E-state index is 0.0571. The van der Waals surface area contributed by atoms with Gasteiger partial charge in [-0.1, -0.05) is 11.6 Å². The second kappa shape index (κ2) is 6.04. The molecule has 0 unspecified atom stereocenters. The van der Waals surface area contributed by atoms with Gasteiger partial charge in [0.25, 0.3) is 0 Å². The van der Waals surface area contributed by atoms with Crippen molar-refractivity contribution in [3.8, 4) is 0 Å². The third-order valence-electron chi connectivity index (χ3n) is 2.57. The molecule has 0 aliphatic rings. The smallest absolute Gasteiger partial charge is 0.246 e. The van der Waals surface area contributed by atoms with Gasteiger partial charge >= 0.3 is 0 Å². The number of anilines is 1. The van der Waals surface area contributed by atoms with E-state index in [9.17, 15) is 8.42 Å². The first-order valence-electron chi connectivity index (χ1n) is 5.64. The third-order valence-corrected chi connectivity index (χ3v) is 5.54. The largest absolute Gasteiger partial charge is 0.357 e. The number of sulfonamides is 1. The van der Waals surface area contributed by atoms with Crippen LogP contribution in [0.15, 0.2) is 29.4 Å². The fourth-order valence-electron chi connectivity index (χ4n) is 1.50. The first-order valence-corrected chi connectivity index (χ1v) is 8.27. The second-order valence-electron chi connectivity index (χ2n) is 3.96. The van der Waals surface area contributed by atoms with Gasteiger partial charge in [-0.05, 0) is 12.1 Å². The molecule has 20 heavy (non-hydrogen) atoms. The molecular weight excluding hydrogens is 320 g/mol. The van der Waals surface area contributed by atoms with E-state index >= 15 is 0 Å². The Labute approximate surface area is 126 Å². The van der Waals surface area contributed by atoms with Crippen LogP contribution < -0.4 is 5.32 Å². The third kappa shape index (κ3) is 3.26. The van der Waals surface area contributed by atoms with E-state index in [0.29, 0.717) is 10.3 Å². The van der Waals surface area contributed by atoms with E-state index in [4.69, 9.17) is 11.6 Å². The van der Waals surface area contributed by atoms with Crippen molar-refractivity contribution in [1.82, 2.24) is 14.3 Å². The monoisotopic (exact) mass is 332 g/mol. The zero-order valence-corrected chi connectivity index (χ0v) is 13.3. The Balaban J connectivity index is 2.19. The van der Waals surface area contributed by atoms with Crippen LogP contribution in [0.3, 0.4) is 0 Å². The molecule has 108 valence electrons. The molecule has 0 radical (unpaired) electrons. The summed E-state index contributed by atoms with van der Waals surface area (Å²) in [6.45, 7) is 0.257. The van der Waals surface area contributed by atoms with Crippen LogP contribution in [0.2, 0.25) is 4.34 Å². The molecule has 1 N–H and O–H groups in total. The maximum Gasteiger partial charge on any atom is 0.246 e. The first-order chi connectivity index (χ1) is 9.43. The van der Waals surface area contributed by atoms with Crippen molar-refractivity contribution in [3.63, 3.8) is 0 Å². The predicted octanol–water partition coefficient (Wildman–Crippen LogP) is 2.05. The van der Waals surface area contributed by atoms with Crippen molar-refractivity contribution in [1.29, 1.82) is 0 Å². The molecule has 0 saturated carbocycles. The molecule has 2 aromatic rings. The molecule has 0 fully saturated rings. The zero-order valence-electron chi connectivity index (χ0n) is 10.9. The van der Waals surface area contributed by atoms with E-state index in [1.807, 2.05) is 0 Å². The molecule has 9 heteroatoms. The van der Waals surface area contributed by atoms with Crippen LogP contribution in [0.1, 0.15) is 4.88 Å². The van der Waals surface area contributed by atoms with Gasteiger partial charge in [0.15, 0.2) is 0 Å². The molecule has 0 aliphatic heterocycles. The van der Waals surface area contributed by atoms with Gasteiger partial charge < -0.3 is 5.32 Å². The van der Waals surface area contributed by atoms with Gasteiger partial charge in [0.2, 0.25) is 16.0 Å². The molecule has 0 saturated heterocycles. The summed E-state index contributed by atoms with van der Waals surface area (Å²) in [6.07, 6.45) is 2.57. The van der Waals surface area contributed by atoms with E-state index < -0.39 is 10.0 Å². The Morgan fingerprint density at radius 3 is 2.50 bits per heavy atom. The topological polar surface area (TPSA) is 75.2 Å². The number of nitrogens with zero attached hydrogens (tertiary/aromatic N) is 3. The van der Waals surface area contributed by atoms with Crippen molar-refractivity contribution in [2.45, 2.75) is 11.4 Å². The number of rotatable bonds is 5. The van der Waals surface area contributed by atoms with Crippen LogP contribution in [-0.2, 0) is 16.6 Å². The summed E-state index contributed by atoms with van der Waals surface area (Å²) in [6, 6.07) is 3.55. The minimum atomic E-state index is -3.61. The van der Waals surface area contributed by atoms with E-state index in [1.54, 1.807) is 19.2 Å². The number of aromatic nitrogens is 2. The summed E-state index contributed by atoms with van der Waals surface area (Å²) in [5, 5.41) is 2.73. The lowest BCUT2D eigenvalue weighted by molar-refractivity contribution is 0.469. The summed E-state index contributed by atoms with van der Waals surface area (Å²) >= 11 is 7.18. The molecule has 0 amide bonds. The average molecular weight is 333 g/mol. The summed E-state index contributed by atoms with van der Waals surface area (Å²) in [7, 11) is -0.437. The SMILES string of the molecule is CNc1ncc(S(=O)(=O)N(C)Cc2ccc(Cl)s2)cn1. The van der Waals surface area contributed by atoms with Crippen LogP contribution in [0.5, 0.6) is 0 Å². The fraction of sp³-hybridized carbons (Fsp3) is 0.273. The average Bonchev–Trinajstić information content (AvgIpc) is 2.84. The van der Waals surface area contributed by atoms with E-state index in [-0.39, 0.29) is 11.4 Å². The second-order valence-corrected chi connectivity index (χ2v) is 7.80. The van der Waals surface area contributed by atoms with Crippen LogP contribution in [0, 0.1) is 0 Å². The zero-order chi connectivity index (χ0) is 14.8. The van der Waals surface area contributed by atoms with E-state index in [2.05, 4.69) is 15.3 Å². The van der Waals surface area contributed by atoms with Crippen LogP contribution in [-0.4, -0.2) is 36.8 Å². The van der Waals surface area contributed by atoms with Gasteiger partial charge in [-0.2, -0.15) is 4.31 Å². The standard InChI is InChI=1S/C11H13ClN4O2S2/c1-13-11-14-5-9(6-15-11)20(17,18)16(2)7-8-3-4-10(12)19-8/h3-6H,7H2,1-2H3,(H,13,14,15). The Morgan fingerprint density at radius 1 is 1.35 bits per heavy atom. The number of thiophene rings is 1. The van der Waals surface area contributed by atoms with Crippen LogP contribution >= 0.6 is 22.9 Å². The maximum atomic E-state index is 12.3. The van der Waals surface area contributed by atoms with Gasteiger partial charge in [-0.15, -0.1) is 11.3 Å². The number of halogens is 1. The lowest BCUT2D eigenvalue weighted by atomic mass is 10.5. The first kappa shape index (κ1) is 15.2. The molecule has 0 bridgehead atoms. The van der Waals surface area contributed by atoms with Crippen molar-refractivity contribution >= 4 is 38.9 Å². The number of hydrogen-bond acceptors (Lipinski definition) is 6. The predicted molar refractivity (Wildman–Crippen MR) is 79.6 cm³/mol. The molecule has 0 spiro atoms. The van der Waals surface area contributed by atoms with Crippen molar-refractivity contribution in [2.75, 3.05) is 19.4 Å². The van der Waals surface area contributed by atoms with Crippen molar-refractivity contribution in [2.24, 2.45) is 0 Å². The molecule has 2 aromatic heterocycles. The quantitative estimate of drug-likeness (QED) is 0.907. The van der Waals surface area contributed by atoms with Gasteiger partial charge in [-0.3, -0.25) is 0 Å². The highest BCUT2D eigenvalue weighted by atomic mass is 35.5. The highest BCUT2D eigenvalue weighted by molar-refractivity contribution is 7.89. The Kier molecular flexibility index (Phi) is 4.59. The summed E-state index contributed by atoms with van der Waals surface area (Å²) < 4.78 is 26.6. The Morgan fingerprint density at radius 2 is 2.00 bits per heavy atom. The lowest BCUT2D eigenvalue weighted by Crippen LogP contribution is -2.26. The summed E-state index contributed by atoms with van der Waals surface area (Å²) in [5.41, 5.74) is 0. The molecule has 6 nitrogen and oxygen atoms in total. The highest BCUT2D eigenvalue weighted by Crippen LogP contribution is 2.24. The van der Waals surface area contributed by atoms with E-state index in [1.165, 1.54) is 35.1 Å². The molecular formula is C11H13ClN4O2S2. The van der Waals surface area contributed by atoms with Crippen molar-refractivity contribution < 1.29 is 8.42 Å². The molecule has 0 atom stereocenters. The lowest BCUT2D eigenvalue weighted by Gasteiger charge is -2.15. The number of nitrogens with one attached hydrogen (secondary N) is 1. The maximum absolute atomic E-state index is 12.3. The van der Waals surface area contributed by atoms with Gasteiger partial charge in [0, 0.05) is 25.5 Å². The summed E-state index contributed by atoms with van der Waals surface area (Å²) in [4.78, 5) is 8.75. The van der Waals surface area contributed by atoms with E-state index in [0.717, 1.165) is 4.88 Å².